The van der Waals surface area contributed by atoms with Crippen LogP contribution in [0.25, 0.3) is 0 Å². The Balaban J connectivity index is 2.73. The second-order valence-corrected chi connectivity index (χ2v) is 6.28. The molecule has 0 atom stereocenters. The Kier molecular flexibility index (Phi) is 5.57. The topological polar surface area (TPSA) is 35.8 Å². The molecule has 1 aromatic carbocycles. The lowest BCUT2D eigenvalue weighted by molar-refractivity contribution is 0.587. The van der Waals surface area contributed by atoms with Gasteiger partial charge in [0.1, 0.15) is 0 Å². The first-order valence-corrected chi connectivity index (χ1v) is 7.04. The molecule has 0 amide bonds. The van der Waals surface area contributed by atoms with Crippen molar-refractivity contribution in [2.24, 2.45) is 0 Å². The smallest absolute Gasteiger partial charge is 0.0622 e. The van der Waals surface area contributed by atoms with Crippen LogP contribution in [0.3, 0.4) is 0 Å². The Morgan fingerprint density at radius 2 is 1.74 bits per heavy atom. The molecule has 2 nitrogen and oxygen atoms in total. The third-order valence-electron chi connectivity index (χ3n) is 3.51. The van der Waals surface area contributed by atoms with Crippen molar-refractivity contribution in [1.82, 2.24) is 5.32 Å². The molecular formula is C17H26N2. The molecule has 0 aliphatic carbocycles. The second kappa shape index (κ2) is 6.73. The normalized spacial score (nSPS) is 11.4. The van der Waals surface area contributed by atoms with Gasteiger partial charge in [0, 0.05) is 13.0 Å². The minimum Gasteiger partial charge on any atom is -0.313 e. The van der Waals surface area contributed by atoms with Crippen LogP contribution in [0.1, 0.15) is 55.9 Å². The second-order valence-electron chi connectivity index (χ2n) is 6.28. The molecule has 0 spiro atoms. The number of unbranched alkanes of at least 4 members (excludes halogenated alkanes) is 1. The number of nitrogens with one attached hydrogen (secondary N) is 1. The van der Waals surface area contributed by atoms with Crippen LogP contribution in [0.5, 0.6) is 0 Å². The molecule has 1 rings (SSSR count). The lowest BCUT2D eigenvalue weighted by Crippen LogP contribution is -2.18. The van der Waals surface area contributed by atoms with E-state index in [4.69, 9.17) is 5.26 Å². The quantitative estimate of drug-likeness (QED) is 0.810. The monoisotopic (exact) mass is 258 g/mol. The summed E-state index contributed by atoms with van der Waals surface area (Å²) in [7, 11) is 0. The Morgan fingerprint density at radius 1 is 1.16 bits per heavy atom. The van der Waals surface area contributed by atoms with Crippen molar-refractivity contribution in [2.75, 3.05) is 6.54 Å². The Labute approximate surface area is 117 Å². The average Bonchev–Trinajstić information content (AvgIpc) is 2.30. The molecule has 0 bridgehead atoms. The van der Waals surface area contributed by atoms with Crippen molar-refractivity contribution in [1.29, 1.82) is 5.26 Å². The van der Waals surface area contributed by atoms with Crippen molar-refractivity contribution >= 4 is 0 Å². The molecule has 0 aliphatic rings. The van der Waals surface area contributed by atoms with Gasteiger partial charge < -0.3 is 5.32 Å². The molecule has 0 fully saturated rings. The van der Waals surface area contributed by atoms with Gasteiger partial charge in [-0.2, -0.15) is 5.26 Å². The molecule has 0 saturated heterocycles. The van der Waals surface area contributed by atoms with Crippen LogP contribution in [0.15, 0.2) is 12.1 Å². The van der Waals surface area contributed by atoms with Gasteiger partial charge in [0.25, 0.3) is 0 Å². The van der Waals surface area contributed by atoms with E-state index >= 15 is 0 Å². The third kappa shape index (κ3) is 4.69. The lowest BCUT2D eigenvalue weighted by Gasteiger charge is -2.22. The SMILES string of the molecule is Cc1cc(C(C)(C)C)cc(C)c1CNCCCC#N. The summed E-state index contributed by atoms with van der Waals surface area (Å²) in [4.78, 5) is 0. The maximum absolute atomic E-state index is 8.50. The molecule has 2 heteroatoms. The summed E-state index contributed by atoms with van der Waals surface area (Å²) in [6.07, 6.45) is 1.56. The Morgan fingerprint density at radius 3 is 2.21 bits per heavy atom. The van der Waals surface area contributed by atoms with Crippen LogP contribution in [0, 0.1) is 25.2 Å². The summed E-state index contributed by atoms with van der Waals surface area (Å²) in [6.45, 7) is 12.9. The molecule has 19 heavy (non-hydrogen) atoms. The van der Waals surface area contributed by atoms with Gasteiger partial charge in [-0.15, -0.1) is 0 Å². The zero-order chi connectivity index (χ0) is 14.5. The Hall–Kier alpha value is -1.33. The molecule has 0 aromatic heterocycles. The molecule has 0 aliphatic heterocycles. The summed E-state index contributed by atoms with van der Waals surface area (Å²) in [6, 6.07) is 6.78. The predicted molar refractivity (Wildman–Crippen MR) is 81.2 cm³/mol. The van der Waals surface area contributed by atoms with Crippen LogP contribution in [-0.4, -0.2) is 6.54 Å². The number of rotatable bonds is 5. The highest BCUT2D eigenvalue weighted by molar-refractivity contribution is 5.40. The maximum Gasteiger partial charge on any atom is 0.0622 e. The first-order valence-electron chi connectivity index (χ1n) is 7.04. The number of benzene rings is 1. The van der Waals surface area contributed by atoms with Crippen LogP contribution in [-0.2, 0) is 12.0 Å². The molecule has 0 radical (unpaired) electrons. The van der Waals surface area contributed by atoms with E-state index in [1.54, 1.807) is 0 Å². The van der Waals surface area contributed by atoms with Crippen molar-refractivity contribution < 1.29 is 0 Å². The minimum absolute atomic E-state index is 0.203. The first kappa shape index (κ1) is 15.7. The van der Waals surface area contributed by atoms with Crippen molar-refractivity contribution in [3.63, 3.8) is 0 Å². The molecule has 0 heterocycles. The van der Waals surface area contributed by atoms with Crippen LogP contribution < -0.4 is 5.32 Å². The van der Waals surface area contributed by atoms with Gasteiger partial charge in [0.05, 0.1) is 6.07 Å². The molecule has 1 N–H and O–H groups in total. The van der Waals surface area contributed by atoms with Crippen molar-refractivity contribution in [3.8, 4) is 6.07 Å². The van der Waals surface area contributed by atoms with Crippen LogP contribution in [0.4, 0.5) is 0 Å². The molecule has 1 aromatic rings. The van der Waals surface area contributed by atoms with Gasteiger partial charge in [-0.1, -0.05) is 32.9 Å². The van der Waals surface area contributed by atoms with E-state index in [9.17, 15) is 0 Å². The number of aryl methyl sites for hydroxylation is 2. The van der Waals surface area contributed by atoms with Crippen molar-refractivity contribution in [3.05, 3.63) is 34.4 Å². The van der Waals surface area contributed by atoms with Gasteiger partial charge in [-0.25, -0.2) is 0 Å². The van der Waals surface area contributed by atoms with E-state index in [-0.39, 0.29) is 5.41 Å². The van der Waals surface area contributed by atoms with E-state index < -0.39 is 0 Å². The van der Waals surface area contributed by atoms with Crippen molar-refractivity contribution in [2.45, 2.75) is 59.4 Å². The largest absolute Gasteiger partial charge is 0.313 e. The standard InChI is InChI=1S/C17H26N2/c1-13-10-15(17(3,4)5)11-14(2)16(13)12-19-9-7-6-8-18/h10-11,19H,6-7,9,12H2,1-5H3. The van der Waals surface area contributed by atoms with E-state index in [1.807, 2.05) is 0 Å². The average molecular weight is 258 g/mol. The molecular weight excluding hydrogens is 232 g/mol. The Bertz CT molecular complexity index is 438. The molecule has 0 saturated carbocycles. The predicted octanol–water partition coefficient (Wildman–Crippen LogP) is 3.99. The van der Waals surface area contributed by atoms with Gasteiger partial charge in [0.2, 0.25) is 0 Å². The van der Waals surface area contributed by atoms with Gasteiger partial charge in [0.15, 0.2) is 0 Å². The zero-order valence-electron chi connectivity index (χ0n) is 12.9. The highest BCUT2D eigenvalue weighted by atomic mass is 14.8. The minimum atomic E-state index is 0.203. The van der Waals surface area contributed by atoms with Crippen LogP contribution >= 0.6 is 0 Å². The van der Waals surface area contributed by atoms with Gasteiger partial charge in [-0.05, 0) is 54.5 Å². The first-order chi connectivity index (χ1) is 8.86. The van der Waals surface area contributed by atoms with E-state index in [0.29, 0.717) is 6.42 Å². The summed E-state index contributed by atoms with van der Waals surface area (Å²) in [5.41, 5.74) is 5.71. The van der Waals surface area contributed by atoms with Gasteiger partial charge >= 0.3 is 0 Å². The third-order valence-corrected chi connectivity index (χ3v) is 3.51. The summed E-state index contributed by atoms with van der Waals surface area (Å²) in [5, 5.41) is 11.9. The summed E-state index contributed by atoms with van der Waals surface area (Å²) in [5.74, 6) is 0. The number of nitriles is 1. The number of nitrogens with zero attached hydrogens (tertiary/aromatic N) is 1. The van der Waals surface area contributed by atoms with E-state index in [1.165, 1.54) is 22.3 Å². The highest BCUT2D eigenvalue weighted by Crippen LogP contribution is 2.26. The molecule has 0 unspecified atom stereocenters. The highest BCUT2D eigenvalue weighted by Gasteiger charge is 2.15. The summed E-state index contributed by atoms with van der Waals surface area (Å²) < 4.78 is 0. The zero-order valence-corrected chi connectivity index (χ0v) is 12.9. The van der Waals surface area contributed by atoms with E-state index in [2.05, 4.69) is 58.1 Å². The fourth-order valence-corrected chi connectivity index (χ4v) is 2.21. The summed E-state index contributed by atoms with van der Waals surface area (Å²) >= 11 is 0. The maximum atomic E-state index is 8.50. The van der Waals surface area contributed by atoms with Gasteiger partial charge in [-0.3, -0.25) is 0 Å². The fourth-order valence-electron chi connectivity index (χ4n) is 2.21. The fraction of sp³-hybridized carbons (Fsp3) is 0.588. The lowest BCUT2D eigenvalue weighted by atomic mass is 9.84. The van der Waals surface area contributed by atoms with E-state index in [0.717, 1.165) is 19.5 Å². The number of hydrogen-bond acceptors (Lipinski definition) is 2. The van der Waals surface area contributed by atoms with Crippen LogP contribution in [0.2, 0.25) is 0 Å². The number of hydrogen-bond donors (Lipinski definition) is 1. The molecule has 104 valence electrons.